The van der Waals surface area contributed by atoms with Gasteiger partial charge in [-0.2, -0.15) is 0 Å². The van der Waals surface area contributed by atoms with Gasteiger partial charge in [0.05, 0.1) is 0 Å². The van der Waals surface area contributed by atoms with Crippen LogP contribution in [-0.2, 0) is 6.54 Å². The van der Waals surface area contributed by atoms with Gasteiger partial charge in [-0.25, -0.2) is 4.79 Å². The van der Waals surface area contributed by atoms with Crippen molar-refractivity contribution in [3.8, 4) is 0 Å². The van der Waals surface area contributed by atoms with E-state index >= 15 is 0 Å². The molecule has 2 heterocycles. The lowest BCUT2D eigenvalue weighted by atomic mass is 10.0. The van der Waals surface area contributed by atoms with Crippen LogP contribution < -0.4 is 5.32 Å². The molecule has 2 saturated heterocycles. The number of rotatable bonds is 3. The number of hydrogen-bond acceptors (Lipinski definition) is 2. The summed E-state index contributed by atoms with van der Waals surface area (Å²) in [4.78, 5) is 16.4. The molecule has 2 aliphatic heterocycles. The lowest BCUT2D eigenvalue weighted by Crippen LogP contribution is -2.48. The van der Waals surface area contributed by atoms with E-state index in [1.54, 1.807) is 0 Å². The van der Waals surface area contributed by atoms with E-state index < -0.39 is 0 Å². The van der Waals surface area contributed by atoms with Crippen LogP contribution in [0.5, 0.6) is 0 Å². The smallest absolute Gasteiger partial charge is 0.317 e. The predicted octanol–water partition coefficient (Wildman–Crippen LogP) is 2.83. The maximum atomic E-state index is 11.9. The molecule has 2 aromatic carbocycles. The molecule has 0 radical (unpaired) electrons. The normalized spacial score (nSPS) is 22.5. The average Bonchev–Trinajstić information content (AvgIpc) is 3.02. The third-order valence-electron chi connectivity index (χ3n) is 5.09. The summed E-state index contributed by atoms with van der Waals surface area (Å²) in [5.41, 5.74) is 1.38. The molecule has 1 N–H and O–H groups in total. The number of hydrogen-bond donors (Lipinski definition) is 1. The Hall–Kier alpha value is -2.07. The number of urea groups is 1. The van der Waals surface area contributed by atoms with Gasteiger partial charge in [0.1, 0.15) is 0 Å². The van der Waals surface area contributed by atoms with Crippen molar-refractivity contribution in [1.29, 1.82) is 0 Å². The Bertz CT molecular complexity index is 709. The van der Waals surface area contributed by atoms with E-state index in [1.807, 2.05) is 4.90 Å². The third kappa shape index (κ3) is 2.91. The average molecular weight is 309 g/mol. The number of nitrogens with one attached hydrogen (secondary N) is 1. The minimum atomic E-state index is 0.113. The Morgan fingerprint density at radius 2 is 1.96 bits per heavy atom. The SMILES string of the molecule is O=C1NCCN1[C@@H]1CCCN(Cc2cccc3ccccc23)C1. The summed E-state index contributed by atoms with van der Waals surface area (Å²) in [7, 11) is 0. The Morgan fingerprint density at radius 1 is 1.09 bits per heavy atom. The largest absolute Gasteiger partial charge is 0.336 e. The van der Waals surface area contributed by atoms with Crippen LogP contribution in [0.1, 0.15) is 18.4 Å². The molecule has 1 atom stereocenters. The van der Waals surface area contributed by atoms with Crippen LogP contribution in [0, 0.1) is 0 Å². The van der Waals surface area contributed by atoms with E-state index in [0.717, 1.165) is 39.1 Å². The molecule has 2 fully saturated rings. The first kappa shape index (κ1) is 14.5. The number of carbonyl (C=O) groups excluding carboxylic acids is 1. The van der Waals surface area contributed by atoms with Crippen LogP contribution >= 0.6 is 0 Å². The van der Waals surface area contributed by atoms with Gasteiger partial charge in [-0.15, -0.1) is 0 Å². The molecule has 0 unspecified atom stereocenters. The van der Waals surface area contributed by atoms with E-state index in [9.17, 15) is 4.79 Å². The Balaban J connectivity index is 1.50. The summed E-state index contributed by atoms with van der Waals surface area (Å²) in [6, 6.07) is 15.6. The molecule has 0 bridgehead atoms. The van der Waals surface area contributed by atoms with E-state index in [4.69, 9.17) is 0 Å². The highest BCUT2D eigenvalue weighted by Gasteiger charge is 2.31. The topological polar surface area (TPSA) is 35.6 Å². The number of likely N-dealkylation sites (tertiary alicyclic amines) is 1. The van der Waals surface area contributed by atoms with Crippen molar-refractivity contribution >= 4 is 16.8 Å². The molecule has 120 valence electrons. The number of fused-ring (bicyclic) bond motifs is 1. The lowest BCUT2D eigenvalue weighted by Gasteiger charge is -2.37. The maximum absolute atomic E-state index is 11.9. The first-order valence-electron chi connectivity index (χ1n) is 8.55. The van der Waals surface area contributed by atoms with Crippen molar-refractivity contribution in [2.24, 2.45) is 0 Å². The predicted molar refractivity (Wildman–Crippen MR) is 92.4 cm³/mol. The molecule has 0 aromatic heterocycles. The molecule has 4 heteroatoms. The van der Waals surface area contributed by atoms with Gasteiger partial charge in [0.25, 0.3) is 0 Å². The third-order valence-corrected chi connectivity index (χ3v) is 5.09. The first-order valence-corrected chi connectivity index (χ1v) is 8.55. The zero-order valence-corrected chi connectivity index (χ0v) is 13.4. The monoisotopic (exact) mass is 309 g/mol. The molecular weight excluding hydrogens is 286 g/mol. The van der Waals surface area contributed by atoms with Crippen LogP contribution in [-0.4, -0.2) is 48.1 Å². The van der Waals surface area contributed by atoms with Crippen molar-refractivity contribution in [2.45, 2.75) is 25.4 Å². The van der Waals surface area contributed by atoms with E-state index in [0.29, 0.717) is 6.04 Å². The van der Waals surface area contributed by atoms with Gasteiger partial charge < -0.3 is 10.2 Å². The van der Waals surface area contributed by atoms with Gasteiger partial charge in [-0.05, 0) is 35.7 Å². The molecule has 4 rings (SSSR count). The van der Waals surface area contributed by atoms with Crippen LogP contribution in [0.15, 0.2) is 42.5 Å². The minimum absolute atomic E-state index is 0.113. The van der Waals surface area contributed by atoms with Gasteiger partial charge >= 0.3 is 6.03 Å². The highest BCUT2D eigenvalue weighted by atomic mass is 16.2. The molecule has 0 aliphatic carbocycles. The van der Waals surface area contributed by atoms with Crippen molar-refractivity contribution in [1.82, 2.24) is 15.1 Å². The van der Waals surface area contributed by atoms with Crippen molar-refractivity contribution in [2.75, 3.05) is 26.2 Å². The zero-order valence-electron chi connectivity index (χ0n) is 13.4. The van der Waals surface area contributed by atoms with Crippen LogP contribution in [0.2, 0.25) is 0 Å². The van der Waals surface area contributed by atoms with Gasteiger partial charge in [0.2, 0.25) is 0 Å². The fourth-order valence-electron chi connectivity index (χ4n) is 3.94. The number of piperidine rings is 1. The van der Waals surface area contributed by atoms with Gasteiger partial charge in [-0.1, -0.05) is 42.5 Å². The quantitative estimate of drug-likeness (QED) is 0.946. The summed E-state index contributed by atoms with van der Waals surface area (Å²) in [5, 5.41) is 5.57. The summed E-state index contributed by atoms with van der Waals surface area (Å²) in [6.45, 7) is 4.71. The first-order chi connectivity index (χ1) is 11.3. The Labute approximate surface area is 137 Å². The highest BCUT2D eigenvalue weighted by Crippen LogP contribution is 2.23. The number of carbonyl (C=O) groups is 1. The lowest BCUT2D eigenvalue weighted by molar-refractivity contribution is 0.122. The summed E-state index contributed by atoms with van der Waals surface area (Å²) < 4.78 is 0. The van der Waals surface area contributed by atoms with Crippen molar-refractivity contribution in [3.63, 3.8) is 0 Å². The number of nitrogens with zero attached hydrogens (tertiary/aromatic N) is 2. The molecular formula is C19H23N3O. The van der Waals surface area contributed by atoms with E-state index in [-0.39, 0.29) is 6.03 Å². The summed E-state index contributed by atoms with van der Waals surface area (Å²) in [6.07, 6.45) is 2.29. The Morgan fingerprint density at radius 3 is 2.83 bits per heavy atom. The zero-order chi connectivity index (χ0) is 15.6. The molecule has 2 aliphatic rings. The Kier molecular flexibility index (Phi) is 3.92. The molecule has 0 spiro atoms. The van der Waals surface area contributed by atoms with E-state index in [2.05, 4.69) is 52.7 Å². The second-order valence-electron chi connectivity index (χ2n) is 6.59. The van der Waals surface area contributed by atoms with Gasteiger partial charge in [0, 0.05) is 32.2 Å². The van der Waals surface area contributed by atoms with Crippen molar-refractivity contribution in [3.05, 3.63) is 48.0 Å². The molecule has 2 amide bonds. The number of amides is 2. The summed E-state index contributed by atoms with van der Waals surface area (Å²) in [5.74, 6) is 0. The molecule has 4 nitrogen and oxygen atoms in total. The standard InChI is InChI=1S/C19H23N3O/c23-19-20-10-12-22(19)17-8-4-11-21(14-17)13-16-7-3-6-15-5-1-2-9-18(15)16/h1-3,5-7,9,17H,4,8,10-14H2,(H,20,23)/t17-/m1/s1. The van der Waals surface area contributed by atoms with Gasteiger partial charge in [-0.3, -0.25) is 4.90 Å². The molecule has 2 aromatic rings. The van der Waals surface area contributed by atoms with E-state index in [1.165, 1.54) is 22.8 Å². The molecule has 23 heavy (non-hydrogen) atoms. The fraction of sp³-hybridized carbons (Fsp3) is 0.421. The van der Waals surface area contributed by atoms with Crippen LogP contribution in [0.25, 0.3) is 10.8 Å². The second-order valence-corrected chi connectivity index (χ2v) is 6.59. The molecule has 0 saturated carbocycles. The fourth-order valence-corrected chi connectivity index (χ4v) is 3.94. The van der Waals surface area contributed by atoms with Crippen LogP contribution in [0.4, 0.5) is 4.79 Å². The van der Waals surface area contributed by atoms with Crippen molar-refractivity contribution < 1.29 is 4.79 Å². The highest BCUT2D eigenvalue weighted by molar-refractivity contribution is 5.85. The maximum Gasteiger partial charge on any atom is 0.317 e. The van der Waals surface area contributed by atoms with Gasteiger partial charge in [0.15, 0.2) is 0 Å². The number of benzene rings is 2. The summed E-state index contributed by atoms with van der Waals surface area (Å²) >= 11 is 0. The second kappa shape index (κ2) is 6.20. The van der Waals surface area contributed by atoms with Crippen LogP contribution in [0.3, 0.4) is 0 Å². The minimum Gasteiger partial charge on any atom is -0.336 e.